The van der Waals surface area contributed by atoms with Crippen LogP contribution in [0.2, 0.25) is 0 Å². The molecule has 4 heteroatoms. The molecule has 0 spiro atoms. The number of amides is 1. The number of hydrogen-bond acceptors (Lipinski definition) is 3. The molecule has 1 atom stereocenters. The molecule has 4 nitrogen and oxygen atoms in total. The van der Waals surface area contributed by atoms with Crippen molar-refractivity contribution in [2.45, 2.75) is 26.4 Å². The van der Waals surface area contributed by atoms with Gasteiger partial charge in [-0.1, -0.05) is 6.92 Å². The van der Waals surface area contributed by atoms with Gasteiger partial charge in [0.25, 0.3) is 5.91 Å². The fraction of sp³-hybridized carbons (Fsp3) is 0.364. The Kier molecular flexibility index (Phi) is 3.55. The fourth-order valence-corrected chi connectivity index (χ4v) is 1.30. The Morgan fingerprint density at radius 2 is 2.20 bits per heavy atom. The summed E-state index contributed by atoms with van der Waals surface area (Å²) in [6, 6.07) is 5.27. The Bertz CT molecular complexity index is 364. The van der Waals surface area contributed by atoms with Crippen molar-refractivity contribution < 1.29 is 9.53 Å². The molecule has 0 aliphatic rings. The average molecular weight is 208 g/mol. The summed E-state index contributed by atoms with van der Waals surface area (Å²) in [7, 11) is 0. The van der Waals surface area contributed by atoms with Crippen molar-refractivity contribution in [1.82, 2.24) is 0 Å². The van der Waals surface area contributed by atoms with Crippen molar-refractivity contribution in [1.29, 1.82) is 0 Å². The lowest BCUT2D eigenvalue weighted by Gasteiger charge is -2.15. The molecule has 15 heavy (non-hydrogen) atoms. The Morgan fingerprint density at radius 3 is 2.67 bits per heavy atom. The predicted octanol–water partition coefficient (Wildman–Crippen LogP) is 1.22. The maximum Gasteiger partial charge on any atom is 0.258 e. The molecule has 1 aromatic carbocycles. The highest BCUT2D eigenvalue weighted by atomic mass is 16.5. The number of carbonyl (C=O) groups is 1. The van der Waals surface area contributed by atoms with Gasteiger partial charge >= 0.3 is 0 Å². The van der Waals surface area contributed by atoms with Gasteiger partial charge in [-0.25, -0.2) is 0 Å². The molecule has 1 aromatic rings. The van der Waals surface area contributed by atoms with E-state index in [-0.39, 0.29) is 0 Å². The van der Waals surface area contributed by atoms with Crippen LogP contribution in [0.1, 0.15) is 18.9 Å². The van der Waals surface area contributed by atoms with Gasteiger partial charge in [-0.15, -0.1) is 0 Å². The lowest BCUT2D eigenvalue weighted by molar-refractivity contribution is -0.124. The third-order valence-electron chi connectivity index (χ3n) is 2.16. The summed E-state index contributed by atoms with van der Waals surface area (Å²) < 4.78 is 5.48. The summed E-state index contributed by atoms with van der Waals surface area (Å²) in [4.78, 5) is 11.0. The number of rotatable bonds is 4. The Balaban J connectivity index is 2.84. The number of hydrogen-bond donors (Lipinski definition) is 2. The van der Waals surface area contributed by atoms with Crippen molar-refractivity contribution in [3.63, 3.8) is 0 Å². The molecule has 0 bridgehead atoms. The van der Waals surface area contributed by atoms with Gasteiger partial charge < -0.3 is 16.2 Å². The maximum atomic E-state index is 11.0. The van der Waals surface area contributed by atoms with Crippen LogP contribution < -0.4 is 16.2 Å². The third-order valence-corrected chi connectivity index (χ3v) is 2.16. The van der Waals surface area contributed by atoms with Crippen molar-refractivity contribution >= 4 is 11.6 Å². The highest BCUT2D eigenvalue weighted by Gasteiger charge is 2.15. The Hall–Kier alpha value is -1.71. The standard InChI is InChI=1S/C11H16N2O2/c1-3-9(11(13)14)15-10-5-4-8(12)6-7(10)2/h4-6,9H,3,12H2,1-2H3,(H2,13,14). The second-order valence-corrected chi connectivity index (χ2v) is 3.44. The minimum atomic E-state index is -0.577. The lowest BCUT2D eigenvalue weighted by Crippen LogP contribution is -2.33. The number of nitrogens with two attached hydrogens (primary N) is 2. The number of aryl methyl sites for hydroxylation is 1. The number of ether oxygens (including phenoxy) is 1. The van der Waals surface area contributed by atoms with Crippen LogP contribution in [-0.4, -0.2) is 12.0 Å². The highest BCUT2D eigenvalue weighted by Crippen LogP contribution is 2.21. The van der Waals surface area contributed by atoms with Crippen molar-refractivity contribution in [2.75, 3.05) is 5.73 Å². The fourth-order valence-electron chi connectivity index (χ4n) is 1.30. The van der Waals surface area contributed by atoms with Crippen LogP contribution in [0.4, 0.5) is 5.69 Å². The molecule has 1 amide bonds. The average Bonchev–Trinajstić information content (AvgIpc) is 2.16. The van der Waals surface area contributed by atoms with Gasteiger partial charge in [0.2, 0.25) is 0 Å². The Morgan fingerprint density at radius 1 is 1.53 bits per heavy atom. The minimum absolute atomic E-state index is 0.450. The van der Waals surface area contributed by atoms with Crippen molar-refractivity contribution in [2.24, 2.45) is 5.73 Å². The molecule has 82 valence electrons. The van der Waals surface area contributed by atoms with E-state index in [9.17, 15) is 4.79 Å². The van der Waals surface area contributed by atoms with E-state index in [1.807, 2.05) is 13.8 Å². The molecule has 1 rings (SSSR count). The van der Waals surface area contributed by atoms with E-state index in [4.69, 9.17) is 16.2 Å². The topological polar surface area (TPSA) is 78.3 Å². The molecule has 0 heterocycles. The monoisotopic (exact) mass is 208 g/mol. The summed E-state index contributed by atoms with van der Waals surface area (Å²) >= 11 is 0. The van der Waals surface area contributed by atoms with Crippen molar-refractivity contribution in [3.05, 3.63) is 23.8 Å². The van der Waals surface area contributed by atoms with Gasteiger partial charge in [-0.2, -0.15) is 0 Å². The van der Waals surface area contributed by atoms with Gasteiger partial charge in [0.1, 0.15) is 5.75 Å². The Labute approximate surface area is 89.2 Å². The normalized spacial score (nSPS) is 12.1. The van der Waals surface area contributed by atoms with Gasteiger partial charge in [0.15, 0.2) is 6.10 Å². The number of nitrogen functional groups attached to an aromatic ring is 1. The number of carbonyl (C=O) groups excluding carboxylic acids is 1. The van der Waals surface area contributed by atoms with E-state index in [0.29, 0.717) is 17.9 Å². The molecule has 0 saturated carbocycles. The summed E-state index contributed by atoms with van der Waals surface area (Å²) in [6.07, 6.45) is -0.0218. The van der Waals surface area contributed by atoms with E-state index in [1.54, 1.807) is 18.2 Å². The van der Waals surface area contributed by atoms with Gasteiger partial charge in [0, 0.05) is 5.69 Å². The maximum absolute atomic E-state index is 11.0. The molecule has 0 saturated heterocycles. The van der Waals surface area contributed by atoms with Crippen LogP contribution in [0.3, 0.4) is 0 Å². The zero-order valence-electron chi connectivity index (χ0n) is 8.99. The van der Waals surface area contributed by atoms with E-state index in [1.165, 1.54) is 0 Å². The second kappa shape index (κ2) is 4.68. The zero-order chi connectivity index (χ0) is 11.4. The minimum Gasteiger partial charge on any atom is -0.480 e. The molecule has 0 aromatic heterocycles. The quantitative estimate of drug-likeness (QED) is 0.730. The first-order chi connectivity index (χ1) is 7.04. The third kappa shape index (κ3) is 2.87. The summed E-state index contributed by atoms with van der Waals surface area (Å²) in [5, 5.41) is 0. The summed E-state index contributed by atoms with van der Waals surface area (Å²) in [6.45, 7) is 3.72. The second-order valence-electron chi connectivity index (χ2n) is 3.44. The molecule has 0 aliphatic carbocycles. The summed E-state index contributed by atoms with van der Waals surface area (Å²) in [5.74, 6) is 0.198. The van der Waals surface area contributed by atoms with Crippen LogP contribution in [0.25, 0.3) is 0 Å². The highest BCUT2D eigenvalue weighted by molar-refractivity contribution is 5.79. The largest absolute Gasteiger partial charge is 0.480 e. The molecule has 0 fully saturated rings. The smallest absolute Gasteiger partial charge is 0.258 e. The van der Waals surface area contributed by atoms with Crippen molar-refractivity contribution in [3.8, 4) is 5.75 Å². The van der Waals surface area contributed by atoms with Gasteiger partial charge in [-0.3, -0.25) is 4.79 Å². The van der Waals surface area contributed by atoms with E-state index in [2.05, 4.69) is 0 Å². The number of benzene rings is 1. The zero-order valence-corrected chi connectivity index (χ0v) is 8.99. The predicted molar refractivity (Wildman–Crippen MR) is 59.5 cm³/mol. The van der Waals surface area contributed by atoms with E-state index in [0.717, 1.165) is 5.56 Å². The van der Waals surface area contributed by atoms with Gasteiger partial charge in [-0.05, 0) is 37.1 Å². The number of primary amides is 1. The van der Waals surface area contributed by atoms with Gasteiger partial charge in [0.05, 0.1) is 0 Å². The summed E-state index contributed by atoms with van der Waals surface area (Å²) in [5.41, 5.74) is 12.4. The molecule has 0 radical (unpaired) electrons. The molecule has 0 aliphatic heterocycles. The molecule has 1 unspecified atom stereocenters. The first-order valence-electron chi connectivity index (χ1n) is 4.86. The van der Waals surface area contributed by atoms with Crippen LogP contribution in [-0.2, 0) is 4.79 Å². The van der Waals surface area contributed by atoms with Crippen LogP contribution in [0.15, 0.2) is 18.2 Å². The molecular formula is C11H16N2O2. The first-order valence-corrected chi connectivity index (χ1v) is 4.86. The van der Waals surface area contributed by atoms with Crippen LogP contribution >= 0.6 is 0 Å². The molecular weight excluding hydrogens is 192 g/mol. The molecule has 4 N–H and O–H groups in total. The SMILES string of the molecule is CCC(Oc1ccc(N)cc1C)C(N)=O. The van der Waals surface area contributed by atoms with E-state index >= 15 is 0 Å². The number of anilines is 1. The van der Waals surface area contributed by atoms with E-state index < -0.39 is 12.0 Å². The first kappa shape index (κ1) is 11.4. The van der Waals surface area contributed by atoms with Crippen LogP contribution in [0.5, 0.6) is 5.75 Å². The lowest BCUT2D eigenvalue weighted by atomic mass is 10.2. The van der Waals surface area contributed by atoms with Crippen LogP contribution in [0, 0.1) is 6.92 Å².